The summed E-state index contributed by atoms with van der Waals surface area (Å²) in [7, 11) is 0. The number of amides is 1. The van der Waals surface area contributed by atoms with E-state index in [1.807, 2.05) is 29.0 Å². The van der Waals surface area contributed by atoms with Gasteiger partial charge in [-0.25, -0.2) is 4.98 Å². The van der Waals surface area contributed by atoms with Gasteiger partial charge in [-0.3, -0.25) is 4.79 Å². The van der Waals surface area contributed by atoms with Crippen molar-refractivity contribution in [3.63, 3.8) is 0 Å². The molecule has 1 fully saturated rings. The van der Waals surface area contributed by atoms with Crippen LogP contribution >= 0.6 is 23.1 Å². The maximum Gasteiger partial charge on any atom is 0.273 e. The maximum atomic E-state index is 12.3. The molecule has 0 bridgehead atoms. The number of rotatable bonds is 2. The van der Waals surface area contributed by atoms with Crippen LogP contribution in [0.1, 0.15) is 42.3 Å². The van der Waals surface area contributed by atoms with E-state index in [0.717, 1.165) is 18.1 Å². The molecule has 0 aromatic carbocycles. The van der Waals surface area contributed by atoms with Crippen LogP contribution in [0.25, 0.3) is 0 Å². The highest BCUT2D eigenvalue weighted by atomic mass is 32.2. The van der Waals surface area contributed by atoms with Gasteiger partial charge >= 0.3 is 0 Å². The molecule has 100 valence electrons. The molecule has 0 aliphatic carbocycles. The summed E-state index contributed by atoms with van der Waals surface area (Å²) >= 11 is 3.40. The average molecular weight is 285 g/mol. The van der Waals surface area contributed by atoms with Crippen molar-refractivity contribution in [3.8, 4) is 0 Å². The summed E-state index contributed by atoms with van der Waals surface area (Å²) < 4.78 is 0. The molecule has 4 nitrogen and oxygen atoms in total. The molecule has 1 aliphatic heterocycles. The zero-order valence-electron chi connectivity index (χ0n) is 10.9. The zero-order chi connectivity index (χ0) is 13.3. The highest BCUT2D eigenvalue weighted by molar-refractivity contribution is 8.00. The molecule has 3 atom stereocenters. The highest BCUT2D eigenvalue weighted by Gasteiger charge is 2.27. The molecule has 1 aromatic heterocycles. The van der Waals surface area contributed by atoms with Crippen LogP contribution in [0.3, 0.4) is 0 Å². The average Bonchev–Trinajstić information content (AvgIpc) is 2.75. The summed E-state index contributed by atoms with van der Waals surface area (Å²) in [5, 5.41) is 3.62. The second-order valence-corrected chi connectivity index (χ2v) is 7.60. The predicted molar refractivity (Wildman–Crippen MR) is 77.1 cm³/mol. The second kappa shape index (κ2) is 5.59. The SMILES string of the molecule is CC1CN(C(=O)c2csc(C(C)N)n2)CC(C)S1. The Kier molecular flexibility index (Phi) is 4.29. The first kappa shape index (κ1) is 13.8. The van der Waals surface area contributed by atoms with Gasteiger partial charge in [-0.05, 0) is 6.92 Å². The van der Waals surface area contributed by atoms with Gasteiger partial charge in [-0.2, -0.15) is 11.8 Å². The fraction of sp³-hybridized carbons (Fsp3) is 0.667. The van der Waals surface area contributed by atoms with Crippen LogP contribution in [0.5, 0.6) is 0 Å². The van der Waals surface area contributed by atoms with Crippen molar-refractivity contribution in [1.29, 1.82) is 0 Å². The zero-order valence-corrected chi connectivity index (χ0v) is 12.6. The topological polar surface area (TPSA) is 59.2 Å². The van der Waals surface area contributed by atoms with E-state index in [4.69, 9.17) is 5.73 Å². The molecule has 1 aromatic rings. The van der Waals surface area contributed by atoms with Crippen molar-refractivity contribution in [1.82, 2.24) is 9.88 Å². The Balaban J connectivity index is 2.10. The normalized spacial score (nSPS) is 26.1. The quantitative estimate of drug-likeness (QED) is 0.904. The number of nitrogens with two attached hydrogens (primary N) is 1. The molecule has 2 N–H and O–H groups in total. The lowest BCUT2D eigenvalue weighted by Gasteiger charge is -2.34. The van der Waals surface area contributed by atoms with Crippen LogP contribution in [0.2, 0.25) is 0 Å². The maximum absolute atomic E-state index is 12.3. The van der Waals surface area contributed by atoms with Crippen LogP contribution in [0.15, 0.2) is 5.38 Å². The Labute approximate surface area is 116 Å². The lowest BCUT2D eigenvalue weighted by molar-refractivity contribution is 0.0748. The lowest BCUT2D eigenvalue weighted by atomic mass is 10.3. The molecular formula is C12H19N3OS2. The molecule has 2 rings (SSSR count). The monoisotopic (exact) mass is 285 g/mol. The summed E-state index contributed by atoms with van der Waals surface area (Å²) in [5.74, 6) is 0.0390. The van der Waals surface area contributed by atoms with Gasteiger partial charge in [0, 0.05) is 29.0 Å². The first-order chi connectivity index (χ1) is 8.47. The van der Waals surface area contributed by atoms with Crippen molar-refractivity contribution in [2.24, 2.45) is 5.73 Å². The fourth-order valence-corrected chi connectivity index (χ4v) is 4.18. The molecule has 0 radical (unpaired) electrons. The van der Waals surface area contributed by atoms with Gasteiger partial charge in [0.15, 0.2) is 0 Å². The molecule has 1 amide bonds. The Morgan fingerprint density at radius 1 is 1.50 bits per heavy atom. The fourth-order valence-electron chi connectivity index (χ4n) is 2.10. The van der Waals surface area contributed by atoms with Crippen LogP contribution in [0.4, 0.5) is 0 Å². The van der Waals surface area contributed by atoms with Crippen LogP contribution in [0, 0.1) is 0 Å². The third-order valence-corrected chi connectivity index (χ3v) is 5.11. The second-order valence-electron chi connectivity index (χ2n) is 4.83. The Morgan fingerprint density at radius 2 is 2.11 bits per heavy atom. The third kappa shape index (κ3) is 3.05. The summed E-state index contributed by atoms with van der Waals surface area (Å²) in [6.45, 7) is 7.82. The minimum atomic E-state index is -0.105. The number of nitrogens with zero attached hydrogens (tertiary/aromatic N) is 2. The Bertz CT molecular complexity index is 423. The van der Waals surface area contributed by atoms with E-state index >= 15 is 0 Å². The highest BCUT2D eigenvalue weighted by Crippen LogP contribution is 2.26. The number of carbonyl (C=O) groups excluding carboxylic acids is 1. The largest absolute Gasteiger partial charge is 0.335 e. The van der Waals surface area contributed by atoms with Gasteiger partial charge in [-0.1, -0.05) is 13.8 Å². The smallest absolute Gasteiger partial charge is 0.273 e. The van der Waals surface area contributed by atoms with Crippen molar-refractivity contribution < 1.29 is 4.79 Å². The molecule has 0 saturated carbocycles. The van der Waals surface area contributed by atoms with Crippen LogP contribution in [-0.2, 0) is 0 Å². The van der Waals surface area contributed by atoms with Crippen LogP contribution < -0.4 is 5.73 Å². The number of thiazole rings is 1. The van der Waals surface area contributed by atoms with E-state index < -0.39 is 0 Å². The summed E-state index contributed by atoms with van der Waals surface area (Å²) in [5.41, 5.74) is 6.31. The van der Waals surface area contributed by atoms with Gasteiger partial charge in [0.05, 0.1) is 6.04 Å². The van der Waals surface area contributed by atoms with E-state index in [9.17, 15) is 4.79 Å². The molecule has 6 heteroatoms. The van der Waals surface area contributed by atoms with Gasteiger partial charge in [0.1, 0.15) is 10.7 Å². The van der Waals surface area contributed by atoms with Crippen molar-refractivity contribution in [3.05, 3.63) is 16.1 Å². The summed E-state index contributed by atoms with van der Waals surface area (Å²) in [6, 6.07) is -0.105. The molecule has 3 unspecified atom stereocenters. The van der Waals surface area contributed by atoms with Crippen LogP contribution in [-0.4, -0.2) is 39.4 Å². The third-order valence-electron chi connectivity index (χ3n) is 2.84. The van der Waals surface area contributed by atoms with E-state index in [1.54, 1.807) is 0 Å². The van der Waals surface area contributed by atoms with Crippen molar-refractivity contribution >= 4 is 29.0 Å². The van der Waals surface area contributed by atoms with E-state index in [-0.39, 0.29) is 11.9 Å². The lowest BCUT2D eigenvalue weighted by Crippen LogP contribution is -2.44. The molecule has 18 heavy (non-hydrogen) atoms. The van der Waals surface area contributed by atoms with E-state index in [2.05, 4.69) is 18.8 Å². The van der Waals surface area contributed by atoms with Gasteiger partial charge < -0.3 is 10.6 Å². The first-order valence-electron chi connectivity index (χ1n) is 6.13. The van der Waals surface area contributed by atoms with E-state index in [0.29, 0.717) is 16.2 Å². The number of hydrogen-bond donors (Lipinski definition) is 1. The summed E-state index contributed by atoms with van der Waals surface area (Å²) in [4.78, 5) is 18.6. The number of carbonyl (C=O) groups is 1. The van der Waals surface area contributed by atoms with Gasteiger partial charge in [0.2, 0.25) is 0 Å². The molecule has 0 spiro atoms. The summed E-state index contributed by atoms with van der Waals surface area (Å²) in [6.07, 6.45) is 0. The Hall–Kier alpha value is -0.590. The van der Waals surface area contributed by atoms with Crippen molar-refractivity contribution in [2.75, 3.05) is 13.1 Å². The first-order valence-corrected chi connectivity index (χ1v) is 7.95. The number of aromatic nitrogens is 1. The minimum Gasteiger partial charge on any atom is -0.335 e. The van der Waals surface area contributed by atoms with Crippen molar-refractivity contribution in [2.45, 2.75) is 37.3 Å². The van der Waals surface area contributed by atoms with E-state index in [1.165, 1.54) is 11.3 Å². The molecule has 2 heterocycles. The molecule has 1 aliphatic rings. The minimum absolute atomic E-state index is 0.0390. The number of hydrogen-bond acceptors (Lipinski definition) is 5. The number of thioether (sulfide) groups is 1. The van der Waals surface area contributed by atoms with Gasteiger partial charge in [-0.15, -0.1) is 11.3 Å². The predicted octanol–water partition coefficient (Wildman–Crippen LogP) is 2.13. The Morgan fingerprint density at radius 3 is 2.61 bits per heavy atom. The molecular weight excluding hydrogens is 266 g/mol. The molecule has 1 saturated heterocycles. The standard InChI is InChI=1S/C12H19N3OS2/c1-7-4-15(5-8(2)18-7)12(16)10-6-17-11(14-10)9(3)13/h6-9H,4-5,13H2,1-3H3. The van der Waals surface area contributed by atoms with Gasteiger partial charge in [0.25, 0.3) is 5.91 Å².